The molecule has 1 heterocycles. The molecule has 0 spiro atoms. The van der Waals surface area contributed by atoms with Gasteiger partial charge in [0.15, 0.2) is 0 Å². The Hall–Kier alpha value is -2.13. The van der Waals surface area contributed by atoms with Crippen LogP contribution in [0, 0.1) is 0 Å². The summed E-state index contributed by atoms with van der Waals surface area (Å²) in [6.45, 7) is 0.480. The average molecular weight is 252 g/mol. The maximum absolute atomic E-state index is 8.98. The Bertz CT molecular complexity index is 620. The van der Waals surface area contributed by atoms with Crippen LogP contribution in [0.1, 0.15) is 16.7 Å². The number of aliphatic hydroxyl groups is 1. The molecular formula is C16H16N2O. The number of hydrogen-bond acceptors (Lipinski definition) is 2. The van der Waals surface area contributed by atoms with E-state index in [-0.39, 0.29) is 6.61 Å². The van der Waals surface area contributed by atoms with Crippen molar-refractivity contribution in [3.8, 4) is 0 Å². The van der Waals surface area contributed by atoms with Gasteiger partial charge in [-0.25, -0.2) is 0 Å². The first kappa shape index (κ1) is 11.9. The number of aliphatic hydroxyl groups excluding tert-OH is 1. The lowest BCUT2D eigenvalue weighted by Gasteiger charge is -2.09. The van der Waals surface area contributed by atoms with Crippen molar-refractivity contribution in [3.63, 3.8) is 0 Å². The summed E-state index contributed by atoms with van der Waals surface area (Å²) in [5.41, 5.74) is 4.74. The van der Waals surface area contributed by atoms with Gasteiger partial charge in [-0.1, -0.05) is 42.5 Å². The van der Waals surface area contributed by atoms with E-state index in [9.17, 15) is 0 Å². The van der Waals surface area contributed by atoms with Gasteiger partial charge in [-0.3, -0.25) is 4.99 Å². The van der Waals surface area contributed by atoms with Crippen LogP contribution >= 0.6 is 0 Å². The molecule has 0 saturated carbocycles. The van der Waals surface area contributed by atoms with Crippen molar-refractivity contribution in [2.45, 2.75) is 6.42 Å². The molecule has 3 heteroatoms. The highest BCUT2D eigenvalue weighted by Gasteiger charge is 2.16. The maximum atomic E-state index is 8.98. The third-order valence-electron chi connectivity index (χ3n) is 3.29. The zero-order chi connectivity index (χ0) is 13.1. The molecule has 2 N–H and O–H groups in total. The Labute approximate surface area is 112 Å². The fraction of sp³-hybridized carbons (Fsp3) is 0.188. The molecule has 2 aromatic carbocycles. The molecule has 0 aliphatic carbocycles. The van der Waals surface area contributed by atoms with Crippen molar-refractivity contribution < 1.29 is 5.11 Å². The largest absolute Gasteiger partial charge is 0.394 e. The van der Waals surface area contributed by atoms with E-state index in [1.54, 1.807) is 0 Å². The summed E-state index contributed by atoms with van der Waals surface area (Å²) in [7, 11) is 0. The highest BCUT2D eigenvalue weighted by Crippen LogP contribution is 2.26. The van der Waals surface area contributed by atoms with Crippen molar-refractivity contribution in [2.75, 3.05) is 18.5 Å². The van der Waals surface area contributed by atoms with Gasteiger partial charge in [0.05, 0.1) is 13.2 Å². The van der Waals surface area contributed by atoms with Crippen LogP contribution < -0.4 is 5.32 Å². The SMILES string of the molecule is OCCN=C1Nc2ccccc2Cc2ccccc21. The zero-order valence-corrected chi connectivity index (χ0v) is 10.6. The number of aliphatic imine (C=N–C) groups is 1. The van der Waals surface area contributed by atoms with E-state index < -0.39 is 0 Å². The van der Waals surface area contributed by atoms with Gasteiger partial charge in [-0.05, 0) is 17.2 Å². The fourth-order valence-corrected chi connectivity index (χ4v) is 2.39. The minimum Gasteiger partial charge on any atom is -0.394 e. The van der Waals surface area contributed by atoms with Crippen molar-refractivity contribution >= 4 is 11.5 Å². The summed E-state index contributed by atoms with van der Waals surface area (Å²) >= 11 is 0. The molecule has 19 heavy (non-hydrogen) atoms. The average Bonchev–Trinajstić information content (AvgIpc) is 2.61. The number of anilines is 1. The Morgan fingerprint density at radius 2 is 1.74 bits per heavy atom. The van der Waals surface area contributed by atoms with Gasteiger partial charge in [-0.2, -0.15) is 0 Å². The number of benzene rings is 2. The number of amidine groups is 1. The van der Waals surface area contributed by atoms with Gasteiger partial charge < -0.3 is 10.4 Å². The van der Waals surface area contributed by atoms with E-state index in [4.69, 9.17) is 5.11 Å². The van der Waals surface area contributed by atoms with E-state index in [1.165, 1.54) is 11.1 Å². The van der Waals surface area contributed by atoms with E-state index in [0.29, 0.717) is 6.54 Å². The number of rotatable bonds is 2. The lowest BCUT2D eigenvalue weighted by molar-refractivity contribution is 0.307. The van der Waals surface area contributed by atoms with Crippen LogP contribution in [-0.4, -0.2) is 24.1 Å². The molecular weight excluding hydrogens is 236 g/mol. The molecule has 2 aromatic rings. The van der Waals surface area contributed by atoms with Gasteiger partial charge in [0.2, 0.25) is 0 Å². The summed E-state index contributed by atoms with van der Waals surface area (Å²) in [5, 5.41) is 12.4. The number of fused-ring (bicyclic) bond motifs is 2. The highest BCUT2D eigenvalue weighted by atomic mass is 16.3. The highest BCUT2D eigenvalue weighted by molar-refractivity contribution is 6.10. The fourth-order valence-electron chi connectivity index (χ4n) is 2.39. The minimum absolute atomic E-state index is 0.0645. The predicted octanol–water partition coefficient (Wildman–Crippen LogP) is 2.44. The molecule has 1 aliphatic rings. The minimum atomic E-state index is 0.0645. The predicted molar refractivity (Wildman–Crippen MR) is 77.8 cm³/mol. The Morgan fingerprint density at radius 1 is 1.00 bits per heavy atom. The molecule has 0 fully saturated rings. The van der Waals surface area contributed by atoms with E-state index in [1.807, 2.05) is 12.1 Å². The van der Waals surface area contributed by atoms with Crippen LogP contribution in [0.3, 0.4) is 0 Å². The van der Waals surface area contributed by atoms with Crippen molar-refractivity contribution in [3.05, 3.63) is 65.2 Å². The third kappa shape index (κ3) is 2.37. The molecule has 0 atom stereocenters. The second kappa shape index (κ2) is 5.24. The number of para-hydroxylation sites is 1. The molecule has 0 bridgehead atoms. The van der Waals surface area contributed by atoms with Crippen LogP contribution in [0.25, 0.3) is 0 Å². The number of nitrogens with one attached hydrogen (secondary N) is 1. The molecule has 3 rings (SSSR count). The molecule has 0 radical (unpaired) electrons. The Morgan fingerprint density at radius 3 is 2.58 bits per heavy atom. The third-order valence-corrected chi connectivity index (χ3v) is 3.29. The maximum Gasteiger partial charge on any atom is 0.133 e. The van der Waals surface area contributed by atoms with E-state index >= 15 is 0 Å². The standard InChI is InChI=1S/C16H16N2O/c19-10-9-17-16-14-7-3-1-5-12(14)11-13-6-2-4-8-15(13)18-16/h1-8,19H,9-11H2,(H,17,18). The van der Waals surface area contributed by atoms with Crippen LogP contribution in [0.2, 0.25) is 0 Å². The summed E-state index contributed by atoms with van der Waals surface area (Å²) in [4.78, 5) is 4.46. The Kier molecular flexibility index (Phi) is 3.29. The second-order valence-corrected chi connectivity index (χ2v) is 4.57. The molecule has 0 amide bonds. The summed E-state index contributed by atoms with van der Waals surface area (Å²) in [6.07, 6.45) is 0.900. The van der Waals surface area contributed by atoms with Crippen molar-refractivity contribution in [1.29, 1.82) is 0 Å². The Balaban J connectivity index is 2.11. The quantitative estimate of drug-likeness (QED) is 0.862. The summed E-state index contributed by atoms with van der Waals surface area (Å²) < 4.78 is 0. The van der Waals surface area contributed by atoms with Gasteiger partial charge >= 0.3 is 0 Å². The molecule has 3 nitrogen and oxygen atoms in total. The molecule has 96 valence electrons. The first-order valence-electron chi connectivity index (χ1n) is 6.47. The molecule has 1 aliphatic heterocycles. The lowest BCUT2D eigenvalue weighted by Crippen LogP contribution is -2.15. The summed E-state index contributed by atoms with van der Waals surface area (Å²) in [5.74, 6) is 0.842. The number of nitrogens with zero attached hydrogens (tertiary/aromatic N) is 1. The number of hydrogen-bond donors (Lipinski definition) is 2. The molecule has 0 unspecified atom stereocenters. The van der Waals surface area contributed by atoms with Crippen LogP contribution in [0.4, 0.5) is 5.69 Å². The van der Waals surface area contributed by atoms with Gasteiger partial charge in [0, 0.05) is 17.7 Å². The van der Waals surface area contributed by atoms with Crippen LogP contribution in [0.15, 0.2) is 53.5 Å². The van der Waals surface area contributed by atoms with Crippen LogP contribution in [0.5, 0.6) is 0 Å². The van der Waals surface area contributed by atoms with Gasteiger partial charge in [-0.15, -0.1) is 0 Å². The van der Waals surface area contributed by atoms with E-state index in [0.717, 1.165) is 23.5 Å². The lowest BCUT2D eigenvalue weighted by atomic mass is 10.0. The van der Waals surface area contributed by atoms with Crippen molar-refractivity contribution in [2.24, 2.45) is 4.99 Å². The second-order valence-electron chi connectivity index (χ2n) is 4.57. The summed E-state index contributed by atoms with van der Waals surface area (Å²) in [6, 6.07) is 16.5. The van der Waals surface area contributed by atoms with E-state index in [2.05, 4.69) is 46.7 Å². The normalized spacial score (nSPS) is 15.3. The topological polar surface area (TPSA) is 44.6 Å². The first-order chi connectivity index (χ1) is 9.38. The molecule has 0 aromatic heterocycles. The van der Waals surface area contributed by atoms with Gasteiger partial charge in [0.1, 0.15) is 5.84 Å². The first-order valence-corrected chi connectivity index (χ1v) is 6.47. The van der Waals surface area contributed by atoms with Crippen molar-refractivity contribution in [1.82, 2.24) is 0 Å². The monoisotopic (exact) mass is 252 g/mol. The van der Waals surface area contributed by atoms with Gasteiger partial charge in [0.25, 0.3) is 0 Å². The zero-order valence-electron chi connectivity index (χ0n) is 10.6. The smallest absolute Gasteiger partial charge is 0.133 e. The molecule has 0 saturated heterocycles. The van der Waals surface area contributed by atoms with Crippen LogP contribution in [-0.2, 0) is 6.42 Å².